The van der Waals surface area contributed by atoms with Gasteiger partial charge >= 0.3 is 6.18 Å². The Morgan fingerprint density at radius 3 is 2.38 bits per heavy atom. The van der Waals surface area contributed by atoms with Crippen molar-refractivity contribution in [2.24, 2.45) is 11.7 Å². The van der Waals surface area contributed by atoms with Crippen molar-refractivity contribution in [3.8, 4) is 0 Å². The number of hydrogen-bond donors (Lipinski definition) is 2. The van der Waals surface area contributed by atoms with E-state index in [4.69, 9.17) is 5.73 Å². The maximum absolute atomic E-state index is 12.5. The third kappa shape index (κ3) is 1.81. The molecule has 0 bridgehead atoms. The van der Waals surface area contributed by atoms with Crippen molar-refractivity contribution in [2.75, 3.05) is 6.54 Å². The van der Waals surface area contributed by atoms with E-state index in [9.17, 15) is 18.3 Å². The van der Waals surface area contributed by atoms with Gasteiger partial charge in [-0.25, -0.2) is 0 Å². The van der Waals surface area contributed by atoms with Gasteiger partial charge in [-0.05, 0) is 19.4 Å². The third-order valence-electron chi connectivity index (χ3n) is 2.81. The highest BCUT2D eigenvalue weighted by atomic mass is 19.4. The highest BCUT2D eigenvalue weighted by Crippen LogP contribution is 2.44. The molecule has 0 aromatic carbocycles. The van der Waals surface area contributed by atoms with Gasteiger partial charge in [0.15, 0.2) is 5.60 Å². The van der Waals surface area contributed by atoms with Gasteiger partial charge in [-0.2, -0.15) is 13.2 Å². The molecule has 0 aliphatic heterocycles. The van der Waals surface area contributed by atoms with Gasteiger partial charge in [0.05, 0.1) is 0 Å². The summed E-state index contributed by atoms with van der Waals surface area (Å²) in [5.74, 6) is -0.832. The van der Waals surface area contributed by atoms with Crippen molar-refractivity contribution in [1.29, 1.82) is 0 Å². The Morgan fingerprint density at radius 2 is 2.00 bits per heavy atom. The Labute approximate surface area is 74.9 Å². The lowest BCUT2D eigenvalue weighted by molar-refractivity contribution is -0.287. The van der Waals surface area contributed by atoms with Crippen molar-refractivity contribution in [3.63, 3.8) is 0 Å². The van der Waals surface area contributed by atoms with E-state index in [0.717, 1.165) is 6.42 Å². The molecule has 0 saturated heterocycles. The summed E-state index contributed by atoms with van der Waals surface area (Å²) in [4.78, 5) is 0. The van der Waals surface area contributed by atoms with Crippen molar-refractivity contribution < 1.29 is 18.3 Å². The lowest BCUT2D eigenvalue weighted by atomic mass is 9.75. The number of halogens is 3. The van der Waals surface area contributed by atoms with Crippen LogP contribution < -0.4 is 5.73 Å². The smallest absolute Gasteiger partial charge is 0.380 e. The van der Waals surface area contributed by atoms with E-state index >= 15 is 0 Å². The molecule has 0 amide bonds. The SMILES string of the molecule is NCC1CCCCC1(O)C(F)(F)F. The number of aliphatic hydroxyl groups is 1. The molecule has 0 aromatic rings. The van der Waals surface area contributed by atoms with E-state index in [1.807, 2.05) is 0 Å². The molecule has 1 saturated carbocycles. The minimum atomic E-state index is -4.54. The Hall–Kier alpha value is -0.290. The summed E-state index contributed by atoms with van der Waals surface area (Å²) in [6.45, 7) is -0.101. The van der Waals surface area contributed by atoms with Crippen LogP contribution in [-0.2, 0) is 0 Å². The first kappa shape index (κ1) is 10.8. The van der Waals surface area contributed by atoms with E-state index in [-0.39, 0.29) is 13.0 Å². The maximum atomic E-state index is 12.5. The molecule has 2 atom stereocenters. The van der Waals surface area contributed by atoms with Crippen molar-refractivity contribution in [1.82, 2.24) is 0 Å². The fourth-order valence-corrected chi connectivity index (χ4v) is 1.91. The largest absolute Gasteiger partial charge is 0.417 e. The second-order valence-electron chi connectivity index (χ2n) is 3.60. The highest BCUT2D eigenvalue weighted by molar-refractivity contribution is 4.96. The lowest BCUT2D eigenvalue weighted by Gasteiger charge is -2.40. The van der Waals surface area contributed by atoms with E-state index in [2.05, 4.69) is 0 Å². The molecule has 5 heteroatoms. The molecule has 1 fully saturated rings. The second-order valence-corrected chi connectivity index (χ2v) is 3.60. The number of hydrogen-bond acceptors (Lipinski definition) is 2. The van der Waals surface area contributed by atoms with Gasteiger partial charge < -0.3 is 10.8 Å². The van der Waals surface area contributed by atoms with Crippen LogP contribution in [0, 0.1) is 5.92 Å². The molecular weight excluding hydrogens is 183 g/mol. The topological polar surface area (TPSA) is 46.2 Å². The molecule has 78 valence electrons. The number of alkyl halides is 3. The zero-order valence-electron chi connectivity index (χ0n) is 7.27. The van der Waals surface area contributed by atoms with Crippen LogP contribution >= 0.6 is 0 Å². The van der Waals surface area contributed by atoms with Crippen molar-refractivity contribution >= 4 is 0 Å². The number of rotatable bonds is 1. The summed E-state index contributed by atoms with van der Waals surface area (Å²) in [5, 5.41) is 9.46. The standard InChI is InChI=1S/C8H14F3NO/c9-8(10,11)7(13)4-2-1-3-6(7)5-12/h6,13H,1-5,12H2. The van der Waals surface area contributed by atoms with Crippen LogP contribution in [-0.4, -0.2) is 23.4 Å². The normalized spacial score (nSPS) is 36.2. The maximum Gasteiger partial charge on any atom is 0.417 e. The summed E-state index contributed by atoms with van der Waals surface area (Å²) in [7, 11) is 0. The van der Waals surface area contributed by atoms with E-state index in [0.29, 0.717) is 12.8 Å². The summed E-state index contributed by atoms with van der Waals surface area (Å²) >= 11 is 0. The molecule has 3 N–H and O–H groups in total. The molecule has 0 heterocycles. The molecule has 13 heavy (non-hydrogen) atoms. The molecule has 2 unspecified atom stereocenters. The second kappa shape index (κ2) is 3.46. The van der Waals surface area contributed by atoms with E-state index in [1.165, 1.54) is 0 Å². The third-order valence-corrected chi connectivity index (χ3v) is 2.81. The minimum absolute atomic E-state index is 0.101. The van der Waals surface area contributed by atoms with Crippen LogP contribution in [0.25, 0.3) is 0 Å². The predicted molar refractivity (Wildman–Crippen MR) is 42.0 cm³/mol. The van der Waals surface area contributed by atoms with Crippen LogP contribution in [0.2, 0.25) is 0 Å². The molecule has 1 aliphatic rings. The molecule has 2 nitrogen and oxygen atoms in total. The zero-order chi connectivity index (χ0) is 10.1. The first-order valence-electron chi connectivity index (χ1n) is 4.41. The fourth-order valence-electron chi connectivity index (χ4n) is 1.91. The van der Waals surface area contributed by atoms with Gasteiger partial charge in [0.2, 0.25) is 0 Å². The van der Waals surface area contributed by atoms with Gasteiger partial charge in [-0.1, -0.05) is 12.8 Å². The first-order chi connectivity index (χ1) is 5.92. The average molecular weight is 197 g/mol. The predicted octanol–water partition coefficient (Wildman–Crippen LogP) is 1.43. The summed E-state index contributed by atoms with van der Waals surface area (Å²) in [6, 6.07) is 0. The van der Waals surface area contributed by atoms with Gasteiger partial charge in [-0.3, -0.25) is 0 Å². The zero-order valence-corrected chi connectivity index (χ0v) is 7.27. The minimum Gasteiger partial charge on any atom is -0.380 e. The van der Waals surface area contributed by atoms with Crippen LogP contribution in [0.5, 0.6) is 0 Å². The Morgan fingerprint density at radius 1 is 1.38 bits per heavy atom. The molecule has 1 rings (SSSR count). The molecule has 0 aromatic heterocycles. The molecule has 0 spiro atoms. The van der Waals surface area contributed by atoms with Crippen LogP contribution in [0.3, 0.4) is 0 Å². The van der Waals surface area contributed by atoms with Crippen LogP contribution in [0.4, 0.5) is 13.2 Å². The highest BCUT2D eigenvalue weighted by Gasteiger charge is 2.58. The summed E-state index contributed by atoms with van der Waals surface area (Å²) < 4.78 is 37.4. The molecule has 0 radical (unpaired) electrons. The Bertz CT molecular complexity index is 183. The van der Waals surface area contributed by atoms with Gasteiger partial charge in [0.1, 0.15) is 0 Å². The van der Waals surface area contributed by atoms with Crippen molar-refractivity contribution in [2.45, 2.75) is 37.5 Å². The quantitative estimate of drug-likeness (QED) is 0.668. The van der Waals surface area contributed by atoms with E-state index < -0.39 is 17.7 Å². The molecule has 1 aliphatic carbocycles. The lowest BCUT2D eigenvalue weighted by Crippen LogP contribution is -2.55. The van der Waals surface area contributed by atoms with Gasteiger partial charge in [-0.15, -0.1) is 0 Å². The van der Waals surface area contributed by atoms with Gasteiger partial charge in [0, 0.05) is 5.92 Å². The monoisotopic (exact) mass is 197 g/mol. The Balaban J connectivity index is 2.83. The molecular formula is C8H14F3NO. The van der Waals surface area contributed by atoms with Crippen molar-refractivity contribution in [3.05, 3.63) is 0 Å². The van der Waals surface area contributed by atoms with Crippen LogP contribution in [0.1, 0.15) is 25.7 Å². The number of nitrogens with two attached hydrogens (primary N) is 1. The summed E-state index contributed by atoms with van der Waals surface area (Å²) in [6.07, 6.45) is -3.24. The summed E-state index contributed by atoms with van der Waals surface area (Å²) in [5.41, 5.74) is 2.67. The Kier molecular flexibility index (Phi) is 2.87. The van der Waals surface area contributed by atoms with Gasteiger partial charge in [0.25, 0.3) is 0 Å². The fraction of sp³-hybridized carbons (Fsp3) is 1.00. The van der Waals surface area contributed by atoms with Crippen LogP contribution in [0.15, 0.2) is 0 Å². The van der Waals surface area contributed by atoms with E-state index in [1.54, 1.807) is 0 Å². The average Bonchev–Trinajstić information content (AvgIpc) is 2.03. The first-order valence-corrected chi connectivity index (χ1v) is 4.41.